The van der Waals surface area contributed by atoms with Crippen LogP contribution in [0.25, 0.3) is 0 Å². The zero-order valence-corrected chi connectivity index (χ0v) is 9.25. The topological polar surface area (TPSA) is 26.0 Å². The van der Waals surface area contributed by atoms with Crippen LogP contribution in [0.1, 0.15) is 22.7 Å². The number of hydrogen-bond donors (Lipinski definition) is 1. The van der Waals surface area contributed by atoms with E-state index in [9.17, 15) is 13.2 Å². The van der Waals surface area contributed by atoms with E-state index in [0.29, 0.717) is 5.56 Å². The van der Waals surface area contributed by atoms with E-state index >= 15 is 0 Å². The van der Waals surface area contributed by atoms with Gasteiger partial charge in [0.1, 0.15) is 6.04 Å². The Balaban J connectivity index is 0.00000196. The van der Waals surface area contributed by atoms with E-state index < -0.39 is 12.2 Å². The van der Waals surface area contributed by atoms with Gasteiger partial charge in [-0.1, -0.05) is 23.8 Å². The highest BCUT2D eigenvalue weighted by molar-refractivity contribution is 5.85. The van der Waals surface area contributed by atoms with Gasteiger partial charge in [0.15, 0.2) is 0 Å². The summed E-state index contributed by atoms with van der Waals surface area (Å²) >= 11 is 0. The van der Waals surface area contributed by atoms with Crippen molar-refractivity contribution in [3.63, 3.8) is 0 Å². The SMILES string of the molecule is Cc1ccc([C@H](N)C(F)(F)F)c(C)c1.Cl. The van der Waals surface area contributed by atoms with Gasteiger partial charge >= 0.3 is 6.18 Å². The maximum Gasteiger partial charge on any atom is 0.407 e. The van der Waals surface area contributed by atoms with Crippen molar-refractivity contribution in [1.29, 1.82) is 0 Å². The molecule has 1 aromatic carbocycles. The minimum Gasteiger partial charge on any atom is -0.316 e. The van der Waals surface area contributed by atoms with E-state index in [0.717, 1.165) is 5.56 Å². The van der Waals surface area contributed by atoms with E-state index in [1.807, 2.05) is 6.92 Å². The van der Waals surface area contributed by atoms with Crippen molar-refractivity contribution in [2.75, 3.05) is 0 Å². The molecule has 0 unspecified atom stereocenters. The molecule has 0 aliphatic rings. The molecule has 1 rings (SSSR count). The number of alkyl halides is 3. The van der Waals surface area contributed by atoms with Crippen LogP contribution in [0, 0.1) is 13.8 Å². The van der Waals surface area contributed by atoms with Gasteiger partial charge in [0.05, 0.1) is 0 Å². The minimum absolute atomic E-state index is 0. The molecule has 0 spiro atoms. The van der Waals surface area contributed by atoms with Crippen LogP contribution in [0.3, 0.4) is 0 Å². The van der Waals surface area contributed by atoms with Crippen LogP contribution in [0.4, 0.5) is 13.2 Å². The van der Waals surface area contributed by atoms with Gasteiger partial charge in [-0.05, 0) is 25.0 Å². The van der Waals surface area contributed by atoms with Gasteiger partial charge in [0.25, 0.3) is 0 Å². The number of aryl methyl sites for hydroxylation is 2. The highest BCUT2D eigenvalue weighted by Gasteiger charge is 2.38. The van der Waals surface area contributed by atoms with Gasteiger partial charge in [0.2, 0.25) is 0 Å². The Labute approximate surface area is 92.9 Å². The summed E-state index contributed by atoms with van der Waals surface area (Å²) in [5, 5.41) is 0. The summed E-state index contributed by atoms with van der Waals surface area (Å²) in [5.41, 5.74) is 6.75. The summed E-state index contributed by atoms with van der Waals surface area (Å²) in [7, 11) is 0. The maximum absolute atomic E-state index is 12.3. The number of rotatable bonds is 1. The van der Waals surface area contributed by atoms with Gasteiger partial charge in [-0.25, -0.2) is 0 Å². The molecule has 0 saturated carbocycles. The molecule has 5 heteroatoms. The summed E-state index contributed by atoms with van der Waals surface area (Å²) in [4.78, 5) is 0. The highest BCUT2D eigenvalue weighted by Crippen LogP contribution is 2.32. The van der Waals surface area contributed by atoms with Crippen LogP contribution in [-0.4, -0.2) is 6.18 Å². The number of nitrogens with two attached hydrogens (primary N) is 1. The Bertz CT molecular complexity index is 336. The molecule has 1 aromatic rings. The maximum atomic E-state index is 12.3. The average molecular weight is 240 g/mol. The van der Waals surface area contributed by atoms with E-state index in [4.69, 9.17) is 5.73 Å². The molecule has 2 N–H and O–H groups in total. The Hall–Kier alpha value is -0.740. The number of benzene rings is 1. The molecule has 0 saturated heterocycles. The van der Waals surface area contributed by atoms with E-state index in [1.54, 1.807) is 19.1 Å². The summed E-state index contributed by atoms with van der Waals surface area (Å²) in [5.74, 6) is 0. The lowest BCUT2D eigenvalue weighted by molar-refractivity contribution is -0.149. The van der Waals surface area contributed by atoms with Crippen LogP contribution in [-0.2, 0) is 0 Å². The summed E-state index contributed by atoms with van der Waals surface area (Å²) in [6.07, 6.45) is -4.37. The van der Waals surface area contributed by atoms with Crippen LogP contribution in [0.15, 0.2) is 18.2 Å². The first-order chi connectivity index (χ1) is 6.32. The van der Waals surface area contributed by atoms with Gasteiger partial charge in [0, 0.05) is 0 Å². The molecule has 0 fully saturated rings. The smallest absolute Gasteiger partial charge is 0.316 e. The molecule has 86 valence electrons. The molecule has 15 heavy (non-hydrogen) atoms. The van der Waals surface area contributed by atoms with Crippen molar-refractivity contribution in [2.45, 2.75) is 26.1 Å². The van der Waals surface area contributed by atoms with Gasteiger partial charge in [-0.2, -0.15) is 13.2 Å². The van der Waals surface area contributed by atoms with Crippen molar-refractivity contribution < 1.29 is 13.2 Å². The van der Waals surface area contributed by atoms with Gasteiger partial charge in [-0.3, -0.25) is 0 Å². The third-order valence-corrected chi connectivity index (χ3v) is 2.11. The Morgan fingerprint density at radius 1 is 1.20 bits per heavy atom. The molecular formula is C10H13ClF3N. The zero-order valence-electron chi connectivity index (χ0n) is 8.43. The second-order valence-electron chi connectivity index (χ2n) is 3.38. The van der Waals surface area contributed by atoms with Crippen molar-refractivity contribution in [3.05, 3.63) is 34.9 Å². The number of halogens is 4. The summed E-state index contributed by atoms with van der Waals surface area (Å²) in [6.45, 7) is 3.46. The lowest BCUT2D eigenvalue weighted by Gasteiger charge is -2.18. The van der Waals surface area contributed by atoms with E-state index in [-0.39, 0.29) is 18.0 Å². The molecule has 0 bridgehead atoms. The Kier molecular flexibility index (Phi) is 4.62. The molecule has 0 aromatic heterocycles. The highest BCUT2D eigenvalue weighted by atomic mass is 35.5. The third kappa shape index (κ3) is 3.39. The lowest BCUT2D eigenvalue weighted by Crippen LogP contribution is -2.29. The van der Waals surface area contributed by atoms with Gasteiger partial charge < -0.3 is 5.73 Å². The number of hydrogen-bond acceptors (Lipinski definition) is 1. The van der Waals surface area contributed by atoms with Crippen molar-refractivity contribution >= 4 is 12.4 Å². The standard InChI is InChI=1S/C10H12F3N.ClH/c1-6-3-4-8(7(2)5-6)9(14)10(11,12)13;/h3-5,9H,14H2,1-2H3;1H/t9-;/m0./s1. The molecule has 0 aliphatic carbocycles. The van der Waals surface area contributed by atoms with Gasteiger partial charge in [-0.15, -0.1) is 12.4 Å². The molecule has 0 radical (unpaired) electrons. The third-order valence-electron chi connectivity index (χ3n) is 2.11. The van der Waals surface area contributed by atoms with Crippen LogP contribution in [0.2, 0.25) is 0 Å². The summed E-state index contributed by atoms with van der Waals surface area (Å²) in [6, 6.07) is 2.88. The quantitative estimate of drug-likeness (QED) is 0.800. The first-order valence-corrected chi connectivity index (χ1v) is 4.22. The van der Waals surface area contributed by atoms with Crippen LogP contribution in [0.5, 0.6) is 0 Å². The lowest BCUT2D eigenvalue weighted by atomic mass is 9.99. The second-order valence-corrected chi connectivity index (χ2v) is 3.38. The molecular weight excluding hydrogens is 227 g/mol. The minimum atomic E-state index is -4.37. The molecule has 0 amide bonds. The Morgan fingerprint density at radius 2 is 1.73 bits per heavy atom. The first kappa shape index (κ1) is 14.3. The normalized spacial score (nSPS) is 13.2. The summed E-state index contributed by atoms with van der Waals surface area (Å²) < 4.78 is 36.9. The predicted molar refractivity (Wildman–Crippen MR) is 56.1 cm³/mol. The fourth-order valence-electron chi connectivity index (χ4n) is 1.35. The molecule has 0 aliphatic heterocycles. The van der Waals surface area contributed by atoms with Crippen molar-refractivity contribution in [1.82, 2.24) is 0 Å². The molecule has 0 heterocycles. The average Bonchev–Trinajstić information content (AvgIpc) is 2.01. The molecule has 1 nitrogen and oxygen atoms in total. The largest absolute Gasteiger partial charge is 0.407 e. The second kappa shape index (κ2) is 4.86. The van der Waals surface area contributed by atoms with E-state index in [2.05, 4.69) is 0 Å². The molecule has 1 atom stereocenters. The first-order valence-electron chi connectivity index (χ1n) is 4.22. The van der Waals surface area contributed by atoms with Crippen LogP contribution < -0.4 is 5.73 Å². The van der Waals surface area contributed by atoms with E-state index in [1.165, 1.54) is 6.07 Å². The predicted octanol–water partition coefficient (Wildman–Crippen LogP) is 3.29. The van der Waals surface area contributed by atoms with Crippen molar-refractivity contribution in [2.24, 2.45) is 5.73 Å². The Morgan fingerprint density at radius 3 is 2.13 bits per heavy atom. The fourth-order valence-corrected chi connectivity index (χ4v) is 1.35. The zero-order chi connectivity index (χ0) is 10.9. The van der Waals surface area contributed by atoms with Crippen molar-refractivity contribution in [3.8, 4) is 0 Å². The van der Waals surface area contributed by atoms with Crippen LogP contribution >= 0.6 is 12.4 Å². The fraction of sp³-hybridized carbons (Fsp3) is 0.400. The monoisotopic (exact) mass is 239 g/mol.